The zero-order chi connectivity index (χ0) is 12.8. The summed E-state index contributed by atoms with van der Waals surface area (Å²) in [6.45, 7) is 4.80. The van der Waals surface area contributed by atoms with Gasteiger partial charge < -0.3 is 15.3 Å². The van der Waals surface area contributed by atoms with E-state index >= 15 is 0 Å². The fraction of sp³-hybridized carbons (Fsp3) is 0.0909. The van der Waals surface area contributed by atoms with Crippen LogP contribution in [-0.4, -0.2) is 17.1 Å². The molecule has 0 aliphatic rings. The van der Waals surface area contributed by atoms with Crippen molar-refractivity contribution in [2.75, 3.05) is 5.32 Å². The summed E-state index contributed by atoms with van der Waals surface area (Å²) < 4.78 is 0. The SMILES string of the molecule is C=C(C)C(=O)ONC(=O)Nc1cccc(O)c1. The molecule has 0 radical (unpaired) electrons. The Bertz CT molecular complexity index is 457. The molecule has 0 aliphatic heterocycles. The van der Waals surface area contributed by atoms with Crippen molar-refractivity contribution in [2.24, 2.45) is 0 Å². The number of hydrogen-bond donors (Lipinski definition) is 3. The zero-order valence-electron chi connectivity index (χ0n) is 9.19. The first-order valence-corrected chi connectivity index (χ1v) is 4.72. The molecule has 0 spiro atoms. The number of benzene rings is 1. The average molecular weight is 236 g/mol. The Labute approximate surface area is 97.9 Å². The van der Waals surface area contributed by atoms with E-state index in [4.69, 9.17) is 5.11 Å². The summed E-state index contributed by atoms with van der Waals surface area (Å²) in [5.74, 6) is -0.710. The lowest BCUT2D eigenvalue weighted by Crippen LogP contribution is -2.31. The molecule has 3 N–H and O–H groups in total. The fourth-order valence-electron chi connectivity index (χ4n) is 0.920. The van der Waals surface area contributed by atoms with Gasteiger partial charge in [0.15, 0.2) is 0 Å². The van der Waals surface area contributed by atoms with Crippen molar-refractivity contribution >= 4 is 17.7 Å². The Kier molecular flexibility index (Phi) is 4.10. The van der Waals surface area contributed by atoms with Crippen molar-refractivity contribution in [3.8, 4) is 5.75 Å². The number of hydroxylamine groups is 1. The summed E-state index contributed by atoms with van der Waals surface area (Å²) >= 11 is 0. The Morgan fingerprint density at radius 3 is 2.71 bits per heavy atom. The van der Waals surface area contributed by atoms with Crippen LogP contribution >= 0.6 is 0 Å². The van der Waals surface area contributed by atoms with Crippen LogP contribution in [0.4, 0.5) is 10.5 Å². The average Bonchev–Trinajstić information content (AvgIpc) is 2.25. The number of urea groups is 1. The third kappa shape index (κ3) is 4.25. The van der Waals surface area contributed by atoms with Gasteiger partial charge in [0.25, 0.3) is 0 Å². The maximum Gasteiger partial charge on any atom is 0.358 e. The number of anilines is 1. The van der Waals surface area contributed by atoms with E-state index in [0.29, 0.717) is 5.69 Å². The van der Waals surface area contributed by atoms with Crippen LogP contribution in [0.15, 0.2) is 36.4 Å². The Morgan fingerprint density at radius 1 is 1.41 bits per heavy atom. The molecule has 0 unspecified atom stereocenters. The van der Waals surface area contributed by atoms with Gasteiger partial charge in [-0.25, -0.2) is 9.59 Å². The highest BCUT2D eigenvalue weighted by Gasteiger charge is 2.07. The fourth-order valence-corrected chi connectivity index (χ4v) is 0.920. The Morgan fingerprint density at radius 2 is 2.12 bits per heavy atom. The normalized spacial score (nSPS) is 9.24. The molecule has 0 fully saturated rings. The van der Waals surface area contributed by atoms with E-state index in [9.17, 15) is 9.59 Å². The maximum absolute atomic E-state index is 11.2. The van der Waals surface area contributed by atoms with Gasteiger partial charge in [0.1, 0.15) is 5.75 Å². The highest BCUT2D eigenvalue weighted by molar-refractivity contribution is 5.92. The highest BCUT2D eigenvalue weighted by atomic mass is 16.7. The van der Waals surface area contributed by atoms with Crippen LogP contribution in [0, 0.1) is 0 Å². The van der Waals surface area contributed by atoms with Crippen LogP contribution in [0.2, 0.25) is 0 Å². The molecule has 1 aromatic rings. The molecule has 1 aromatic carbocycles. The molecule has 2 amide bonds. The van der Waals surface area contributed by atoms with Crippen molar-refractivity contribution in [3.63, 3.8) is 0 Å². The molecule has 1 rings (SSSR count). The summed E-state index contributed by atoms with van der Waals surface area (Å²) in [7, 11) is 0. The molecule has 90 valence electrons. The minimum Gasteiger partial charge on any atom is -0.508 e. The molecule has 0 aromatic heterocycles. The first-order chi connectivity index (χ1) is 7.99. The Balaban J connectivity index is 2.45. The van der Waals surface area contributed by atoms with E-state index in [1.165, 1.54) is 19.1 Å². The van der Waals surface area contributed by atoms with Crippen molar-refractivity contribution in [3.05, 3.63) is 36.4 Å². The summed E-state index contributed by atoms with van der Waals surface area (Å²) in [5.41, 5.74) is 2.43. The van der Waals surface area contributed by atoms with Gasteiger partial charge in [-0.2, -0.15) is 5.48 Å². The van der Waals surface area contributed by atoms with Crippen LogP contribution in [0.1, 0.15) is 6.92 Å². The molecular formula is C11H12N2O4. The summed E-state index contributed by atoms with van der Waals surface area (Å²) in [6.07, 6.45) is 0. The second-order valence-electron chi connectivity index (χ2n) is 3.28. The van der Waals surface area contributed by atoms with Gasteiger partial charge in [0.05, 0.1) is 0 Å². The van der Waals surface area contributed by atoms with Gasteiger partial charge in [-0.3, -0.25) is 0 Å². The number of nitrogens with one attached hydrogen (secondary N) is 2. The number of aromatic hydroxyl groups is 1. The van der Waals surface area contributed by atoms with Crippen LogP contribution in [-0.2, 0) is 9.63 Å². The van der Waals surface area contributed by atoms with Crippen LogP contribution in [0.5, 0.6) is 5.75 Å². The van der Waals surface area contributed by atoms with E-state index < -0.39 is 12.0 Å². The first-order valence-electron chi connectivity index (χ1n) is 4.72. The molecule has 0 aliphatic carbocycles. The van der Waals surface area contributed by atoms with Crippen LogP contribution in [0.25, 0.3) is 0 Å². The summed E-state index contributed by atoms with van der Waals surface area (Å²) in [4.78, 5) is 26.6. The van der Waals surface area contributed by atoms with E-state index in [0.717, 1.165) is 0 Å². The predicted molar refractivity (Wildman–Crippen MR) is 61.2 cm³/mol. The standard InChI is InChI=1S/C11H12N2O4/c1-7(2)10(15)17-13-11(16)12-8-4-3-5-9(14)6-8/h3-6,14H,1H2,2H3,(H2,12,13,16). The molecule has 0 heterocycles. The van der Waals surface area contributed by atoms with E-state index in [2.05, 4.69) is 16.7 Å². The van der Waals surface area contributed by atoms with Crippen molar-refractivity contribution in [2.45, 2.75) is 6.92 Å². The lowest BCUT2D eigenvalue weighted by Gasteiger charge is -2.07. The molecule has 0 saturated carbocycles. The third-order valence-corrected chi connectivity index (χ3v) is 1.69. The molecule has 0 atom stereocenters. The number of carbonyl (C=O) groups excluding carboxylic acids is 2. The minimum absolute atomic E-state index is 0.0155. The third-order valence-electron chi connectivity index (χ3n) is 1.69. The van der Waals surface area contributed by atoms with Gasteiger partial charge in [-0.15, -0.1) is 0 Å². The van der Waals surface area contributed by atoms with Crippen LogP contribution in [0.3, 0.4) is 0 Å². The quantitative estimate of drug-likeness (QED) is 0.537. The number of carbonyl (C=O) groups is 2. The molecule has 6 heteroatoms. The number of phenolic OH excluding ortho intramolecular Hbond substituents is 1. The monoisotopic (exact) mass is 236 g/mol. The molecule has 6 nitrogen and oxygen atoms in total. The lowest BCUT2D eigenvalue weighted by molar-refractivity contribution is -0.143. The number of hydrogen-bond acceptors (Lipinski definition) is 4. The minimum atomic E-state index is -0.731. The van der Waals surface area contributed by atoms with Gasteiger partial charge >= 0.3 is 12.0 Å². The molecule has 0 bridgehead atoms. The van der Waals surface area contributed by atoms with E-state index in [1.54, 1.807) is 12.1 Å². The highest BCUT2D eigenvalue weighted by Crippen LogP contribution is 2.14. The van der Waals surface area contributed by atoms with Gasteiger partial charge in [-0.1, -0.05) is 12.6 Å². The van der Waals surface area contributed by atoms with Crippen molar-refractivity contribution in [1.29, 1.82) is 0 Å². The van der Waals surface area contributed by atoms with Gasteiger partial charge in [0, 0.05) is 17.3 Å². The molecule has 17 heavy (non-hydrogen) atoms. The summed E-state index contributed by atoms with van der Waals surface area (Å²) in [5, 5.41) is 11.5. The summed E-state index contributed by atoms with van der Waals surface area (Å²) in [6, 6.07) is 5.21. The van der Waals surface area contributed by atoms with E-state index in [1.807, 2.05) is 5.48 Å². The molecule has 0 saturated heterocycles. The van der Waals surface area contributed by atoms with Crippen molar-refractivity contribution < 1.29 is 19.5 Å². The largest absolute Gasteiger partial charge is 0.508 e. The second kappa shape index (κ2) is 5.55. The second-order valence-corrected chi connectivity index (χ2v) is 3.28. The topological polar surface area (TPSA) is 87.7 Å². The van der Waals surface area contributed by atoms with Crippen LogP contribution < -0.4 is 10.8 Å². The molecular weight excluding hydrogens is 224 g/mol. The van der Waals surface area contributed by atoms with Gasteiger partial charge in [-0.05, 0) is 19.1 Å². The Hall–Kier alpha value is -2.50. The zero-order valence-corrected chi connectivity index (χ0v) is 9.19. The lowest BCUT2D eigenvalue weighted by atomic mass is 10.3. The smallest absolute Gasteiger partial charge is 0.358 e. The number of phenols is 1. The predicted octanol–water partition coefficient (Wildman–Crippen LogP) is 1.55. The number of rotatable bonds is 2. The first kappa shape index (κ1) is 12.6. The maximum atomic E-state index is 11.2. The number of amides is 2. The van der Waals surface area contributed by atoms with Crippen molar-refractivity contribution in [1.82, 2.24) is 5.48 Å². The van der Waals surface area contributed by atoms with Gasteiger partial charge in [0.2, 0.25) is 0 Å². The van der Waals surface area contributed by atoms with E-state index in [-0.39, 0.29) is 11.3 Å².